The Morgan fingerprint density at radius 1 is 1.00 bits per heavy atom. The van der Waals surface area contributed by atoms with Crippen molar-refractivity contribution in [1.82, 2.24) is 0 Å². The Bertz CT molecular complexity index is 494. The molecule has 0 aromatic rings. The van der Waals surface area contributed by atoms with Crippen LogP contribution >= 0.6 is 0 Å². The van der Waals surface area contributed by atoms with Crippen molar-refractivity contribution in [3.63, 3.8) is 0 Å². The van der Waals surface area contributed by atoms with Gasteiger partial charge in [0, 0.05) is 10.8 Å². The second-order valence-electron chi connectivity index (χ2n) is 8.40. The van der Waals surface area contributed by atoms with Crippen LogP contribution in [-0.2, 0) is 9.59 Å². The van der Waals surface area contributed by atoms with Gasteiger partial charge in [-0.05, 0) is 55.8 Å². The van der Waals surface area contributed by atoms with E-state index in [1.807, 2.05) is 0 Å². The average Bonchev–Trinajstić information content (AvgIpc) is 2.48. The first-order valence-corrected chi connectivity index (χ1v) is 8.53. The summed E-state index contributed by atoms with van der Waals surface area (Å²) in [5.74, 6) is 0.853. The van der Waals surface area contributed by atoms with Gasteiger partial charge in [0.1, 0.15) is 12.6 Å². The third kappa shape index (κ3) is 1.98. The molecule has 0 bridgehead atoms. The number of carbonyl (C=O) groups excluding carboxylic acids is 2. The molecule has 0 aliphatic heterocycles. The molecule has 2 saturated carbocycles. The molecule has 3 rings (SSSR count). The zero-order valence-electron chi connectivity index (χ0n) is 13.7. The van der Waals surface area contributed by atoms with Crippen molar-refractivity contribution in [2.75, 3.05) is 0 Å². The molecule has 116 valence electrons. The van der Waals surface area contributed by atoms with Crippen molar-refractivity contribution in [3.8, 4) is 0 Å². The molecule has 0 aromatic carbocycles. The Morgan fingerprint density at radius 2 is 1.71 bits per heavy atom. The van der Waals surface area contributed by atoms with Crippen LogP contribution in [0.5, 0.6) is 0 Å². The fourth-order valence-corrected chi connectivity index (χ4v) is 5.85. The predicted molar refractivity (Wildman–Crippen MR) is 83.8 cm³/mol. The summed E-state index contributed by atoms with van der Waals surface area (Å²) in [6.07, 6.45) is 12.3. The molecular weight excluding hydrogens is 260 g/mol. The van der Waals surface area contributed by atoms with Crippen LogP contribution in [0.4, 0.5) is 0 Å². The largest absolute Gasteiger partial charge is 0.303 e. The summed E-state index contributed by atoms with van der Waals surface area (Å²) in [5.41, 5.74) is 1.27. The first kappa shape index (κ1) is 15.0. The van der Waals surface area contributed by atoms with Gasteiger partial charge in [0.05, 0.1) is 0 Å². The normalized spacial score (nSPS) is 49.6. The predicted octanol–water partition coefficient (Wildman–Crippen LogP) is 4.33. The van der Waals surface area contributed by atoms with Crippen LogP contribution in [0.2, 0.25) is 0 Å². The Morgan fingerprint density at radius 3 is 2.38 bits per heavy atom. The molecule has 2 heteroatoms. The van der Waals surface area contributed by atoms with Crippen LogP contribution in [0.3, 0.4) is 0 Å². The molecule has 3 aliphatic carbocycles. The SMILES string of the molecule is C[C@]1(C=O)CCC=C2[C@H]1CC[C@@H]1[C@@]2(C)CCC[C@@]1(C)C=O. The lowest BCUT2D eigenvalue weighted by Crippen LogP contribution is -2.52. The quantitative estimate of drug-likeness (QED) is 0.560. The van der Waals surface area contributed by atoms with E-state index in [-0.39, 0.29) is 16.2 Å². The van der Waals surface area contributed by atoms with Crippen LogP contribution in [0.15, 0.2) is 11.6 Å². The monoisotopic (exact) mass is 288 g/mol. The van der Waals surface area contributed by atoms with Gasteiger partial charge in [0.25, 0.3) is 0 Å². The van der Waals surface area contributed by atoms with E-state index in [4.69, 9.17) is 0 Å². The third-order valence-corrected chi connectivity index (χ3v) is 7.14. The third-order valence-electron chi connectivity index (χ3n) is 7.14. The highest BCUT2D eigenvalue weighted by Crippen LogP contribution is 2.64. The van der Waals surface area contributed by atoms with Crippen molar-refractivity contribution in [2.45, 2.75) is 65.7 Å². The van der Waals surface area contributed by atoms with Crippen molar-refractivity contribution >= 4 is 12.6 Å². The van der Waals surface area contributed by atoms with Crippen molar-refractivity contribution < 1.29 is 9.59 Å². The van der Waals surface area contributed by atoms with Gasteiger partial charge in [0.2, 0.25) is 0 Å². The van der Waals surface area contributed by atoms with Gasteiger partial charge in [0.15, 0.2) is 0 Å². The smallest absolute Gasteiger partial charge is 0.126 e. The molecule has 21 heavy (non-hydrogen) atoms. The number of hydrogen-bond donors (Lipinski definition) is 0. The molecule has 0 amide bonds. The molecule has 2 nitrogen and oxygen atoms in total. The number of allylic oxidation sites excluding steroid dienone is 2. The second-order valence-corrected chi connectivity index (χ2v) is 8.40. The molecule has 0 radical (unpaired) electrons. The van der Waals surface area contributed by atoms with Gasteiger partial charge in [-0.15, -0.1) is 0 Å². The number of fused-ring (bicyclic) bond motifs is 3. The van der Waals surface area contributed by atoms with Crippen LogP contribution in [0.25, 0.3) is 0 Å². The average molecular weight is 288 g/mol. The molecule has 0 unspecified atom stereocenters. The Balaban J connectivity index is 2.04. The Labute approximate surface area is 128 Å². The fraction of sp³-hybridized carbons (Fsp3) is 0.789. The summed E-state index contributed by atoms with van der Waals surface area (Å²) in [6.45, 7) is 6.67. The zero-order valence-corrected chi connectivity index (χ0v) is 13.7. The van der Waals surface area contributed by atoms with E-state index < -0.39 is 0 Å². The van der Waals surface area contributed by atoms with Gasteiger partial charge < -0.3 is 9.59 Å². The first-order valence-electron chi connectivity index (χ1n) is 8.53. The summed E-state index contributed by atoms with van der Waals surface area (Å²) >= 11 is 0. The van der Waals surface area contributed by atoms with Crippen molar-refractivity contribution in [3.05, 3.63) is 11.6 Å². The van der Waals surface area contributed by atoms with Crippen LogP contribution in [0.1, 0.15) is 65.7 Å². The first-order chi connectivity index (χ1) is 9.89. The molecule has 0 spiro atoms. The Kier molecular flexibility index (Phi) is 3.42. The second kappa shape index (κ2) is 4.79. The van der Waals surface area contributed by atoms with Crippen molar-refractivity contribution in [1.29, 1.82) is 0 Å². The Hall–Kier alpha value is -0.920. The van der Waals surface area contributed by atoms with E-state index in [0.29, 0.717) is 11.8 Å². The van der Waals surface area contributed by atoms with Gasteiger partial charge in [-0.25, -0.2) is 0 Å². The highest BCUT2D eigenvalue weighted by Gasteiger charge is 2.56. The summed E-state index contributed by atoms with van der Waals surface area (Å²) in [4.78, 5) is 23.4. The molecule has 0 aromatic heterocycles. The number of aldehydes is 2. The molecular formula is C19H28O2. The lowest BCUT2D eigenvalue weighted by Gasteiger charge is -2.59. The van der Waals surface area contributed by atoms with Gasteiger partial charge in [-0.2, -0.15) is 0 Å². The fourth-order valence-electron chi connectivity index (χ4n) is 5.85. The highest BCUT2D eigenvalue weighted by atomic mass is 16.1. The van der Waals surface area contributed by atoms with Crippen LogP contribution in [-0.4, -0.2) is 12.6 Å². The van der Waals surface area contributed by atoms with Gasteiger partial charge in [-0.1, -0.05) is 38.8 Å². The standard InChI is InChI=1S/C19H28O2/c1-17(12-20)9-4-6-15-14(17)7-8-16-18(2,13-21)10-5-11-19(15,16)3/h6,12-14,16H,4-5,7-11H2,1-3H3/t14-,16+,17-,18+,19+/m1/s1. The number of carbonyl (C=O) groups is 2. The lowest BCUT2D eigenvalue weighted by molar-refractivity contribution is -0.129. The maximum atomic E-state index is 11.7. The van der Waals surface area contributed by atoms with E-state index in [0.717, 1.165) is 38.5 Å². The molecule has 3 aliphatic rings. The van der Waals surface area contributed by atoms with Gasteiger partial charge in [-0.3, -0.25) is 0 Å². The maximum absolute atomic E-state index is 11.7. The zero-order chi connectivity index (χ0) is 15.3. The topological polar surface area (TPSA) is 34.1 Å². The highest BCUT2D eigenvalue weighted by molar-refractivity contribution is 5.63. The summed E-state index contributed by atoms with van der Waals surface area (Å²) < 4.78 is 0. The summed E-state index contributed by atoms with van der Waals surface area (Å²) in [5, 5.41) is 0. The minimum atomic E-state index is -0.187. The molecule has 2 fully saturated rings. The van der Waals surface area contributed by atoms with E-state index in [1.54, 1.807) is 0 Å². The van der Waals surface area contributed by atoms with Crippen LogP contribution in [0, 0.1) is 28.1 Å². The van der Waals surface area contributed by atoms with Gasteiger partial charge >= 0.3 is 0 Å². The van der Waals surface area contributed by atoms with E-state index >= 15 is 0 Å². The molecule has 5 atom stereocenters. The number of hydrogen-bond acceptors (Lipinski definition) is 2. The van der Waals surface area contributed by atoms with E-state index in [9.17, 15) is 9.59 Å². The molecule has 0 N–H and O–H groups in total. The van der Waals surface area contributed by atoms with E-state index in [1.165, 1.54) is 24.6 Å². The summed E-state index contributed by atoms with van der Waals surface area (Å²) in [7, 11) is 0. The molecule has 0 heterocycles. The minimum Gasteiger partial charge on any atom is -0.303 e. The van der Waals surface area contributed by atoms with E-state index in [2.05, 4.69) is 26.8 Å². The minimum absolute atomic E-state index is 0.127. The summed E-state index contributed by atoms with van der Waals surface area (Å²) in [6, 6.07) is 0. The van der Waals surface area contributed by atoms with Crippen LogP contribution < -0.4 is 0 Å². The lowest BCUT2D eigenvalue weighted by atomic mass is 9.45. The molecule has 0 saturated heterocycles. The van der Waals surface area contributed by atoms with Crippen molar-refractivity contribution in [2.24, 2.45) is 28.1 Å². The maximum Gasteiger partial charge on any atom is 0.126 e. The number of rotatable bonds is 2.